The SMILES string of the molecule is O=C(O)CCCCCC(=O)Oc1ccc([NH2+]O)cc1. The average Bonchev–Trinajstić information content (AvgIpc) is 2.39. The van der Waals surface area contributed by atoms with Crippen LogP contribution in [-0.2, 0) is 9.59 Å². The molecule has 0 atom stereocenters. The fourth-order valence-electron chi connectivity index (χ4n) is 1.53. The number of benzene rings is 1. The lowest BCUT2D eigenvalue weighted by atomic mass is 10.1. The largest absolute Gasteiger partial charge is 0.481 e. The highest BCUT2D eigenvalue weighted by Crippen LogP contribution is 2.14. The van der Waals surface area contributed by atoms with Crippen LogP contribution < -0.4 is 10.2 Å². The molecule has 0 unspecified atom stereocenters. The third kappa shape index (κ3) is 6.54. The highest BCUT2D eigenvalue weighted by atomic mass is 16.5. The third-order valence-corrected chi connectivity index (χ3v) is 2.53. The average molecular weight is 268 g/mol. The highest BCUT2D eigenvalue weighted by Gasteiger charge is 2.06. The second-order valence-corrected chi connectivity index (χ2v) is 4.13. The van der Waals surface area contributed by atoms with E-state index >= 15 is 0 Å². The van der Waals surface area contributed by atoms with Gasteiger partial charge < -0.3 is 9.84 Å². The number of carbonyl (C=O) groups is 2. The number of nitrogens with two attached hydrogens (primary N) is 1. The Balaban J connectivity index is 2.21. The maximum absolute atomic E-state index is 11.5. The van der Waals surface area contributed by atoms with Crippen molar-refractivity contribution in [2.24, 2.45) is 0 Å². The van der Waals surface area contributed by atoms with Crippen molar-refractivity contribution in [3.05, 3.63) is 24.3 Å². The summed E-state index contributed by atoms with van der Waals surface area (Å²) in [7, 11) is 0. The minimum absolute atomic E-state index is 0.133. The first-order chi connectivity index (χ1) is 9.11. The summed E-state index contributed by atoms with van der Waals surface area (Å²) in [5.74, 6) is -0.722. The molecule has 6 heteroatoms. The monoisotopic (exact) mass is 268 g/mol. The summed E-state index contributed by atoms with van der Waals surface area (Å²) in [5, 5.41) is 17.2. The van der Waals surface area contributed by atoms with E-state index in [2.05, 4.69) is 0 Å². The zero-order valence-electron chi connectivity index (χ0n) is 10.5. The molecular weight excluding hydrogens is 250 g/mol. The van der Waals surface area contributed by atoms with Gasteiger partial charge in [0.05, 0.1) is 0 Å². The molecule has 0 aromatic heterocycles. The third-order valence-electron chi connectivity index (χ3n) is 2.53. The van der Waals surface area contributed by atoms with Crippen molar-refractivity contribution < 1.29 is 30.1 Å². The molecule has 0 aliphatic heterocycles. The van der Waals surface area contributed by atoms with Crippen LogP contribution in [0.25, 0.3) is 0 Å². The molecule has 0 aliphatic carbocycles. The predicted octanol–water partition coefficient (Wildman–Crippen LogP) is 1.21. The lowest BCUT2D eigenvalue weighted by Gasteiger charge is -2.04. The summed E-state index contributed by atoms with van der Waals surface area (Å²) < 4.78 is 5.09. The van der Waals surface area contributed by atoms with Crippen molar-refractivity contribution in [3.8, 4) is 5.75 Å². The zero-order valence-corrected chi connectivity index (χ0v) is 10.5. The van der Waals surface area contributed by atoms with Crippen LogP contribution in [0.2, 0.25) is 0 Å². The second kappa shape index (κ2) is 8.23. The van der Waals surface area contributed by atoms with E-state index in [1.165, 1.54) is 0 Å². The molecule has 0 aliphatic rings. The Hall–Kier alpha value is -1.92. The molecule has 4 N–H and O–H groups in total. The Bertz CT molecular complexity index is 416. The molecule has 0 radical (unpaired) electrons. The van der Waals surface area contributed by atoms with E-state index in [9.17, 15) is 9.59 Å². The van der Waals surface area contributed by atoms with Gasteiger partial charge in [-0.3, -0.25) is 9.59 Å². The summed E-state index contributed by atoms with van der Waals surface area (Å²) >= 11 is 0. The number of esters is 1. The minimum Gasteiger partial charge on any atom is -0.481 e. The topological polar surface area (TPSA) is 100 Å². The Kier molecular flexibility index (Phi) is 6.56. The molecule has 1 rings (SSSR count). The molecule has 0 fully saturated rings. The maximum Gasteiger partial charge on any atom is 0.311 e. The zero-order chi connectivity index (χ0) is 14.1. The Labute approximate surface area is 111 Å². The van der Waals surface area contributed by atoms with Gasteiger partial charge in [0.1, 0.15) is 5.75 Å². The molecule has 104 valence electrons. The maximum atomic E-state index is 11.5. The minimum atomic E-state index is -0.816. The van der Waals surface area contributed by atoms with Gasteiger partial charge >= 0.3 is 11.9 Å². The van der Waals surface area contributed by atoms with E-state index in [1.54, 1.807) is 24.3 Å². The number of unbranched alkanes of at least 4 members (excludes halogenated alkanes) is 2. The number of hydrogen-bond acceptors (Lipinski definition) is 4. The highest BCUT2D eigenvalue weighted by molar-refractivity contribution is 5.72. The van der Waals surface area contributed by atoms with E-state index in [0.29, 0.717) is 30.7 Å². The predicted molar refractivity (Wildman–Crippen MR) is 66.2 cm³/mol. The Morgan fingerprint density at radius 2 is 1.68 bits per heavy atom. The fourth-order valence-corrected chi connectivity index (χ4v) is 1.53. The van der Waals surface area contributed by atoms with Crippen molar-refractivity contribution >= 4 is 17.6 Å². The molecule has 0 heterocycles. The molecule has 1 aromatic carbocycles. The first kappa shape index (κ1) is 15.1. The van der Waals surface area contributed by atoms with Crippen molar-refractivity contribution in [1.82, 2.24) is 0 Å². The van der Waals surface area contributed by atoms with Crippen LogP contribution in [0.5, 0.6) is 5.75 Å². The van der Waals surface area contributed by atoms with Crippen LogP contribution >= 0.6 is 0 Å². The summed E-state index contributed by atoms with van der Waals surface area (Å²) in [6, 6.07) is 6.47. The van der Waals surface area contributed by atoms with Crippen LogP contribution in [0.4, 0.5) is 5.69 Å². The summed E-state index contributed by atoms with van der Waals surface area (Å²) in [4.78, 5) is 21.7. The molecule has 0 amide bonds. The number of rotatable bonds is 8. The van der Waals surface area contributed by atoms with Gasteiger partial charge in [-0.05, 0) is 25.0 Å². The summed E-state index contributed by atoms with van der Waals surface area (Å²) in [5.41, 5.74) is 1.60. The van der Waals surface area contributed by atoms with E-state index in [4.69, 9.17) is 15.1 Å². The van der Waals surface area contributed by atoms with Crippen LogP contribution in [-0.4, -0.2) is 22.3 Å². The smallest absolute Gasteiger partial charge is 0.311 e. The van der Waals surface area contributed by atoms with E-state index in [0.717, 1.165) is 5.48 Å². The van der Waals surface area contributed by atoms with Crippen molar-refractivity contribution in [2.45, 2.75) is 32.1 Å². The lowest BCUT2D eigenvalue weighted by molar-refractivity contribution is -0.825. The van der Waals surface area contributed by atoms with E-state index in [1.807, 2.05) is 0 Å². The lowest BCUT2D eigenvalue weighted by Crippen LogP contribution is -2.73. The molecule has 0 saturated heterocycles. The number of carbonyl (C=O) groups excluding carboxylic acids is 1. The quantitative estimate of drug-likeness (QED) is 0.216. The molecule has 6 nitrogen and oxygen atoms in total. The Morgan fingerprint density at radius 1 is 1.05 bits per heavy atom. The molecular formula is C13H18NO5+. The van der Waals surface area contributed by atoms with Gasteiger partial charge in [0.25, 0.3) is 0 Å². The van der Waals surface area contributed by atoms with Crippen molar-refractivity contribution in [3.63, 3.8) is 0 Å². The van der Waals surface area contributed by atoms with Crippen LogP contribution in [0.1, 0.15) is 32.1 Å². The van der Waals surface area contributed by atoms with Gasteiger partial charge in [0.15, 0.2) is 5.69 Å². The summed E-state index contributed by atoms with van der Waals surface area (Å²) in [6.07, 6.45) is 2.29. The number of ether oxygens (including phenoxy) is 1. The van der Waals surface area contributed by atoms with Gasteiger partial charge in [-0.25, -0.2) is 5.21 Å². The molecule has 1 aromatic rings. The molecule has 0 spiro atoms. The first-order valence-electron chi connectivity index (χ1n) is 6.12. The normalized spacial score (nSPS) is 10.2. The van der Waals surface area contributed by atoms with Crippen molar-refractivity contribution in [2.75, 3.05) is 0 Å². The van der Waals surface area contributed by atoms with E-state index < -0.39 is 5.97 Å². The number of carboxylic acid groups (broad SMARTS) is 1. The number of quaternary nitrogens is 1. The molecule has 0 saturated carbocycles. The Morgan fingerprint density at radius 3 is 2.26 bits per heavy atom. The van der Waals surface area contributed by atoms with Gasteiger partial charge in [-0.2, -0.15) is 5.48 Å². The fraction of sp³-hybridized carbons (Fsp3) is 0.385. The first-order valence-corrected chi connectivity index (χ1v) is 6.12. The van der Waals surface area contributed by atoms with Gasteiger partial charge in [0.2, 0.25) is 0 Å². The number of hydrogen-bond donors (Lipinski definition) is 3. The van der Waals surface area contributed by atoms with Crippen molar-refractivity contribution in [1.29, 1.82) is 0 Å². The standard InChI is InChI=1S/C13H17NO5/c15-12(16)4-2-1-3-5-13(17)19-11-8-6-10(14-18)7-9-11/h6-9,14,18H,1-5H2,(H,15,16)/p+1. The van der Waals surface area contributed by atoms with Gasteiger partial charge in [-0.1, -0.05) is 6.42 Å². The van der Waals surface area contributed by atoms with Crippen LogP contribution in [0.3, 0.4) is 0 Å². The van der Waals surface area contributed by atoms with E-state index in [-0.39, 0.29) is 18.8 Å². The number of carboxylic acids is 1. The van der Waals surface area contributed by atoms with Gasteiger partial charge in [-0.15, -0.1) is 0 Å². The second-order valence-electron chi connectivity index (χ2n) is 4.13. The molecule has 19 heavy (non-hydrogen) atoms. The van der Waals surface area contributed by atoms with Crippen LogP contribution in [0, 0.1) is 0 Å². The number of aliphatic carboxylic acids is 1. The van der Waals surface area contributed by atoms with Gasteiger partial charge in [0, 0.05) is 25.0 Å². The summed E-state index contributed by atoms with van der Waals surface area (Å²) in [6.45, 7) is 0. The molecule has 0 bridgehead atoms. The van der Waals surface area contributed by atoms with Crippen LogP contribution in [0.15, 0.2) is 24.3 Å².